The number of hydrogen-bond acceptors (Lipinski definition) is 4. The van der Waals surface area contributed by atoms with Crippen LogP contribution in [0.2, 0.25) is 0 Å². The van der Waals surface area contributed by atoms with Gasteiger partial charge >= 0.3 is 0 Å². The third kappa shape index (κ3) is 3.21. The summed E-state index contributed by atoms with van der Waals surface area (Å²) in [5.74, 6) is 0.336. The monoisotopic (exact) mass is 271 g/mol. The topological polar surface area (TPSA) is 50.1 Å². The van der Waals surface area contributed by atoms with Gasteiger partial charge in [0.1, 0.15) is 5.75 Å². The van der Waals surface area contributed by atoms with E-state index in [0.717, 1.165) is 11.3 Å². The van der Waals surface area contributed by atoms with Crippen LogP contribution in [-0.2, 0) is 0 Å². The molecule has 0 aliphatic carbocycles. The second-order valence-corrected chi connectivity index (χ2v) is 5.01. The fraction of sp³-hybridized carbons (Fsp3) is 0.200. The van der Waals surface area contributed by atoms with Gasteiger partial charge in [-0.2, -0.15) is 5.26 Å². The number of ketones is 1. The maximum Gasteiger partial charge on any atom is 0.174 e. The lowest BCUT2D eigenvalue weighted by atomic mass is 9.94. The molecular formula is C15H13NO2S. The van der Waals surface area contributed by atoms with Gasteiger partial charge in [0.2, 0.25) is 0 Å². The molecule has 2 rings (SSSR count). The number of carbonyl (C=O) groups excluding carboxylic acids is 1. The summed E-state index contributed by atoms with van der Waals surface area (Å²) >= 11 is 1.41. The van der Waals surface area contributed by atoms with Crippen molar-refractivity contribution >= 4 is 17.1 Å². The lowest BCUT2D eigenvalue weighted by Gasteiger charge is -2.08. The van der Waals surface area contributed by atoms with Crippen molar-refractivity contribution in [3.05, 3.63) is 52.2 Å². The molecule has 1 aromatic carbocycles. The van der Waals surface area contributed by atoms with Crippen molar-refractivity contribution in [2.75, 3.05) is 7.11 Å². The summed E-state index contributed by atoms with van der Waals surface area (Å²) < 4.78 is 5.07. The third-order valence-electron chi connectivity index (χ3n) is 2.86. The van der Waals surface area contributed by atoms with Crippen molar-refractivity contribution in [1.82, 2.24) is 0 Å². The molecule has 1 unspecified atom stereocenters. The lowest BCUT2D eigenvalue weighted by Crippen LogP contribution is -2.04. The Labute approximate surface area is 116 Å². The van der Waals surface area contributed by atoms with Gasteiger partial charge < -0.3 is 4.74 Å². The number of ether oxygens (including phenoxy) is 1. The van der Waals surface area contributed by atoms with Crippen LogP contribution in [0.5, 0.6) is 5.75 Å². The van der Waals surface area contributed by atoms with Crippen LogP contribution in [-0.4, -0.2) is 12.9 Å². The van der Waals surface area contributed by atoms with Gasteiger partial charge in [-0.1, -0.05) is 18.2 Å². The van der Waals surface area contributed by atoms with Crippen molar-refractivity contribution in [1.29, 1.82) is 5.26 Å². The standard InChI is InChI=1S/C15H13NO2S/c1-18-13-6-4-11(5-7-13)12(10-16)9-14(17)15-3-2-8-19-15/h2-8,12H,9H2,1H3. The molecule has 0 saturated heterocycles. The Kier molecular flexibility index (Phi) is 4.32. The van der Waals surface area contributed by atoms with E-state index in [0.29, 0.717) is 4.88 Å². The summed E-state index contributed by atoms with van der Waals surface area (Å²) in [6.07, 6.45) is 0.212. The van der Waals surface area contributed by atoms with Crippen molar-refractivity contribution in [2.24, 2.45) is 0 Å². The zero-order valence-electron chi connectivity index (χ0n) is 10.5. The van der Waals surface area contributed by atoms with Crippen LogP contribution < -0.4 is 4.74 Å². The largest absolute Gasteiger partial charge is 0.497 e. The average Bonchev–Trinajstić information content (AvgIpc) is 2.99. The van der Waals surface area contributed by atoms with E-state index in [4.69, 9.17) is 4.74 Å². The first-order valence-corrected chi connectivity index (χ1v) is 6.73. The molecule has 0 amide bonds. The van der Waals surface area contributed by atoms with E-state index in [2.05, 4.69) is 6.07 Å². The Bertz CT molecular complexity index is 582. The molecule has 0 spiro atoms. The molecule has 2 aromatic rings. The number of methoxy groups -OCH3 is 1. The quantitative estimate of drug-likeness (QED) is 0.780. The first kappa shape index (κ1) is 13.3. The van der Waals surface area contributed by atoms with Gasteiger partial charge in [0.05, 0.1) is 24.0 Å². The number of hydrogen-bond donors (Lipinski definition) is 0. The van der Waals surface area contributed by atoms with E-state index in [9.17, 15) is 10.1 Å². The number of carbonyl (C=O) groups is 1. The minimum absolute atomic E-state index is 0.0115. The van der Waals surface area contributed by atoms with E-state index in [1.165, 1.54) is 11.3 Å². The molecule has 4 heteroatoms. The van der Waals surface area contributed by atoms with Crippen LogP contribution in [0.4, 0.5) is 0 Å². The molecule has 96 valence electrons. The van der Waals surface area contributed by atoms with E-state index < -0.39 is 5.92 Å². The summed E-state index contributed by atoms with van der Waals surface area (Å²) in [4.78, 5) is 12.7. The van der Waals surface area contributed by atoms with Gasteiger partial charge in [-0.05, 0) is 29.1 Å². The van der Waals surface area contributed by atoms with Crippen LogP contribution in [0.15, 0.2) is 41.8 Å². The fourth-order valence-corrected chi connectivity index (χ4v) is 2.47. The zero-order chi connectivity index (χ0) is 13.7. The predicted molar refractivity (Wildman–Crippen MR) is 74.6 cm³/mol. The first-order valence-electron chi connectivity index (χ1n) is 5.85. The molecule has 1 aromatic heterocycles. The molecule has 1 atom stereocenters. The highest BCUT2D eigenvalue weighted by atomic mass is 32.1. The number of benzene rings is 1. The molecule has 0 fully saturated rings. The van der Waals surface area contributed by atoms with E-state index in [1.807, 2.05) is 23.6 Å². The molecule has 0 saturated carbocycles. The molecule has 0 aliphatic rings. The third-order valence-corrected chi connectivity index (χ3v) is 3.77. The van der Waals surface area contributed by atoms with Crippen LogP contribution in [0.25, 0.3) is 0 Å². The van der Waals surface area contributed by atoms with Crippen LogP contribution >= 0.6 is 11.3 Å². The number of Topliss-reactive ketones (excluding diaryl/α,β-unsaturated/α-hetero) is 1. The molecule has 0 N–H and O–H groups in total. The highest BCUT2D eigenvalue weighted by Gasteiger charge is 2.17. The smallest absolute Gasteiger partial charge is 0.174 e. The average molecular weight is 271 g/mol. The summed E-state index contributed by atoms with van der Waals surface area (Å²) in [5, 5.41) is 11.1. The van der Waals surface area contributed by atoms with Gasteiger partial charge in [0.25, 0.3) is 0 Å². The molecule has 0 radical (unpaired) electrons. The number of thiophene rings is 1. The van der Waals surface area contributed by atoms with Gasteiger partial charge in [0, 0.05) is 6.42 Å². The minimum atomic E-state index is -0.416. The molecule has 1 heterocycles. The maximum atomic E-state index is 12.0. The van der Waals surface area contributed by atoms with E-state index >= 15 is 0 Å². The number of rotatable bonds is 5. The van der Waals surface area contributed by atoms with Crippen molar-refractivity contribution in [3.8, 4) is 11.8 Å². The minimum Gasteiger partial charge on any atom is -0.497 e. The van der Waals surface area contributed by atoms with E-state index in [-0.39, 0.29) is 12.2 Å². The fourth-order valence-electron chi connectivity index (χ4n) is 1.80. The van der Waals surface area contributed by atoms with Gasteiger partial charge in [-0.25, -0.2) is 0 Å². The van der Waals surface area contributed by atoms with Gasteiger partial charge in [-0.3, -0.25) is 4.79 Å². The van der Waals surface area contributed by atoms with Crippen LogP contribution in [0.3, 0.4) is 0 Å². The molecular weight excluding hydrogens is 258 g/mol. The second kappa shape index (κ2) is 6.17. The Morgan fingerprint density at radius 1 is 1.37 bits per heavy atom. The van der Waals surface area contributed by atoms with Crippen molar-refractivity contribution < 1.29 is 9.53 Å². The second-order valence-electron chi connectivity index (χ2n) is 4.06. The molecule has 19 heavy (non-hydrogen) atoms. The van der Waals surface area contributed by atoms with Crippen LogP contribution in [0, 0.1) is 11.3 Å². The first-order chi connectivity index (χ1) is 9.24. The van der Waals surface area contributed by atoms with E-state index in [1.54, 1.807) is 25.3 Å². The lowest BCUT2D eigenvalue weighted by molar-refractivity contribution is 0.0983. The number of nitriles is 1. The van der Waals surface area contributed by atoms with Gasteiger partial charge in [0.15, 0.2) is 5.78 Å². The molecule has 0 bridgehead atoms. The SMILES string of the molecule is COc1ccc(C(C#N)CC(=O)c2cccs2)cc1. The Balaban J connectivity index is 2.12. The highest BCUT2D eigenvalue weighted by molar-refractivity contribution is 7.12. The molecule has 3 nitrogen and oxygen atoms in total. The normalized spacial score (nSPS) is 11.6. The zero-order valence-corrected chi connectivity index (χ0v) is 11.3. The molecule has 0 aliphatic heterocycles. The predicted octanol–water partition coefficient (Wildman–Crippen LogP) is 3.64. The summed E-state index contributed by atoms with van der Waals surface area (Å²) in [6, 6.07) is 13.1. The van der Waals surface area contributed by atoms with Crippen LogP contribution in [0.1, 0.15) is 27.6 Å². The Morgan fingerprint density at radius 2 is 2.11 bits per heavy atom. The summed E-state index contributed by atoms with van der Waals surface area (Å²) in [7, 11) is 1.59. The summed E-state index contributed by atoms with van der Waals surface area (Å²) in [6.45, 7) is 0. The highest BCUT2D eigenvalue weighted by Crippen LogP contribution is 2.24. The van der Waals surface area contributed by atoms with Crippen molar-refractivity contribution in [3.63, 3.8) is 0 Å². The maximum absolute atomic E-state index is 12.0. The Hall–Kier alpha value is -2.12. The Morgan fingerprint density at radius 3 is 2.63 bits per heavy atom. The number of nitrogens with zero attached hydrogens (tertiary/aromatic N) is 1. The van der Waals surface area contributed by atoms with Crippen molar-refractivity contribution in [2.45, 2.75) is 12.3 Å². The summed E-state index contributed by atoms with van der Waals surface area (Å²) in [5.41, 5.74) is 0.841. The van der Waals surface area contributed by atoms with Gasteiger partial charge in [-0.15, -0.1) is 11.3 Å².